The normalized spacial score (nSPS) is 30.2. The molecular weight excluding hydrogens is 220 g/mol. The highest BCUT2D eigenvalue weighted by Crippen LogP contribution is 2.23. The molecule has 17 heavy (non-hydrogen) atoms. The summed E-state index contributed by atoms with van der Waals surface area (Å²) in [7, 11) is 2.08. The third-order valence-electron chi connectivity index (χ3n) is 3.23. The molecule has 98 valence electrons. The van der Waals surface area contributed by atoms with Crippen molar-refractivity contribution in [3.8, 4) is 0 Å². The molecule has 0 saturated carbocycles. The SMILES string of the molecule is CN1CCO[C@@H]2CN(C(=O)OC(C)(C)C)C[C@@H]21. The molecule has 0 aromatic rings. The Kier molecular flexibility index (Phi) is 3.32. The Morgan fingerprint density at radius 3 is 2.65 bits per heavy atom. The molecule has 0 unspecified atom stereocenters. The van der Waals surface area contributed by atoms with Gasteiger partial charge < -0.3 is 14.4 Å². The van der Waals surface area contributed by atoms with E-state index in [1.54, 1.807) is 4.90 Å². The van der Waals surface area contributed by atoms with Crippen molar-refractivity contribution in [2.45, 2.75) is 38.5 Å². The van der Waals surface area contributed by atoms with E-state index in [2.05, 4.69) is 11.9 Å². The van der Waals surface area contributed by atoms with E-state index >= 15 is 0 Å². The molecule has 0 bridgehead atoms. The summed E-state index contributed by atoms with van der Waals surface area (Å²) in [6, 6.07) is 0.316. The van der Waals surface area contributed by atoms with Gasteiger partial charge in [0.2, 0.25) is 0 Å². The monoisotopic (exact) mass is 242 g/mol. The van der Waals surface area contributed by atoms with E-state index < -0.39 is 5.60 Å². The highest BCUT2D eigenvalue weighted by Gasteiger charge is 2.41. The summed E-state index contributed by atoms with van der Waals surface area (Å²) in [6.45, 7) is 8.69. The summed E-state index contributed by atoms with van der Waals surface area (Å²) in [5, 5.41) is 0. The van der Waals surface area contributed by atoms with Crippen LogP contribution in [0.15, 0.2) is 0 Å². The zero-order chi connectivity index (χ0) is 12.6. The predicted molar refractivity (Wildman–Crippen MR) is 64.0 cm³/mol. The largest absolute Gasteiger partial charge is 0.444 e. The maximum atomic E-state index is 11.9. The molecule has 0 radical (unpaired) electrons. The van der Waals surface area contributed by atoms with E-state index in [0.29, 0.717) is 19.1 Å². The van der Waals surface area contributed by atoms with Crippen molar-refractivity contribution in [2.24, 2.45) is 0 Å². The number of morpholine rings is 1. The first kappa shape index (κ1) is 12.6. The van der Waals surface area contributed by atoms with Gasteiger partial charge >= 0.3 is 6.09 Å². The van der Waals surface area contributed by atoms with E-state index in [0.717, 1.165) is 13.2 Å². The topological polar surface area (TPSA) is 42.0 Å². The highest BCUT2D eigenvalue weighted by molar-refractivity contribution is 5.68. The van der Waals surface area contributed by atoms with Gasteiger partial charge in [-0.25, -0.2) is 4.79 Å². The highest BCUT2D eigenvalue weighted by atomic mass is 16.6. The minimum atomic E-state index is -0.433. The molecule has 2 aliphatic rings. The molecule has 1 amide bonds. The number of carbonyl (C=O) groups excluding carboxylic acids is 1. The lowest BCUT2D eigenvalue weighted by Crippen LogP contribution is -2.48. The number of hydrogen-bond donors (Lipinski definition) is 0. The molecule has 2 rings (SSSR count). The number of fused-ring (bicyclic) bond motifs is 1. The molecule has 0 spiro atoms. The number of carbonyl (C=O) groups is 1. The lowest BCUT2D eigenvalue weighted by molar-refractivity contribution is -0.0372. The van der Waals surface area contributed by atoms with Crippen LogP contribution in [-0.2, 0) is 9.47 Å². The van der Waals surface area contributed by atoms with Gasteiger partial charge in [-0.3, -0.25) is 4.90 Å². The second-order valence-electron chi connectivity index (χ2n) is 5.84. The summed E-state index contributed by atoms with van der Waals surface area (Å²) in [6.07, 6.45) is -0.0924. The van der Waals surface area contributed by atoms with Gasteiger partial charge in [-0.05, 0) is 27.8 Å². The second-order valence-corrected chi connectivity index (χ2v) is 5.84. The van der Waals surface area contributed by atoms with Crippen molar-refractivity contribution in [3.63, 3.8) is 0 Å². The lowest BCUT2D eigenvalue weighted by atomic mass is 10.1. The van der Waals surface area contributed by atoms with Crippen LogP contribution in [0.25, 0.3) is 0 Å². The van der Waals surface area contributed by atoms with Crippen LogP contribution in [-0.4, -0.2) is 66.9 Å². The summed E-state index contributed by atoms with van der Waals surface area (Å²) < 4.78 is 11.1. The van der Waals surface area contributed by atoms with Crippen LogP contribution in [0.2, 0.25) is 0 Å². The first-order valence-corrected chi connectivity index (χ1v) is 6.16. The van der Waals surface area contributed by atoms with E-state index in [1.165, 1.54) is 0 Å². The average Bonchev–Trinajstić information content (AvgIpc) is 2.60. The third-order valence-corrected chi connectivity index (χ3v) is 3.23. The summed E-state index contributed by atoms with van der Waals surface area (Å²) in [5.41, 5.74) is -0.433. The molecule has 2 fully saturated rings. The van der Waals surface area contributed by atoms with E-state index in [-0.39, 0.29) is 12.2 Å². The molecular formula is C12H22N2O3. The number of likely N-dealkylation sites (N-methyl/N-ethyl adjacent to an activating group) is 1. The summed E-state index contributed by atoms with van der Waals surface area (Å²) >= 11 is 0. The van der Waals surface area contributed by atoms with Crippen LogP contribution >= 0.6 is 0 Å². The van der Waals surface area contributed by atoms with Gasteiger partial charge in [0, 0.05) is 13.1 Å². The smallest absolute Gasteiger partial charge is 0.410 e. The van der Waals surface area contributed by atoms with Gasteiger partial charge in [-0.2, -0.15) is 0 Å². The van der Waals surface area contributed by atoms with Gasteiger partial charge in [0.25, 0.3) is 0 Å². The average molecular weight is 242 g/mol. The molecule has 2 saturated heterocycles. The summed E-state index contributed by atoms with van der Waals surface area (Å²) in [5.74, 6) is 0. The van der Waals surface area contributed by atoms with Crippen LogP contribution in [0.4, 0.5) is 4.79 Å². The molecule has 2 heterocycles. The molecule has 5 nitrogen and oxygen atoms in total. The molecule has 2 atom stereocenters. The van der Waals surface area contributed by atoms with Crippen molar-refractivity contribution in [3.05, 3.63) is 0 Å². The maximum Gasteiger partial charge on any atom is 0.410 e. The number of ether oxygens (including phenoxy) is 2. The number of rotatable bonds is 0. The first-order chi connectivity index (χ1) is 7.87. The van der Waals surface area contributed by atoms with Crippen LogP contribution < -0.4 is 0 Å². The van der Waals surface area contributed by atoms with Gasteiger partial charge in [-0.1, -0.05) is 0 Å². The Hall–Kier alpha value is -0.810. The van der Waals surface area contributed by atoms with E-state index in [9.17, 15) is 4.79 Å². The molecule has 5 heteroatoms. The Morgan fingerprint density at radius 2 is 2.06 bits per heavy atom. The Balaban J connectivity index is 1.95. The van der Waals surface area contributed by atoms with Crippen LogP contribution in [0.3, 0.4) is 0 Å². The maximum absolute atomic E-state index is 11.9. The molecule has 0 aromatic heterocycles. The number of likely N-dealkylation sites (tertiary alicyclic amines) is 1. The lowest BCUT2D eigenvalue weighted by Gasteiger charge is -2.33. The van der Waals surface area contributed by atoms with E-state index in [1.807, 2.05) is 20.8 Å². The number of hydrogen-bond acceptors (Lipinski definition) is 4. The van der Waals surface area contributed by atoms with Crippen LogP contribution in [0.5, 0.6) is 0 Å². The van der Waals surface area contributed by atoms with Crippen molar-refractivity contribution >= 4 is 6.09 Å². The number of amides is 1. The van der Waals surface area contributed by atoms with Gasteiger partial charge in [0.1, 0.15) is 5.60 Å². The fraction of sp³-hybridized carbons (Fsp3) is 0.917. The van der Waals surface area contributed by atoms with Crippen LogP contribution in [0.1, 0.15) is 20.8 Å². The Bertz CT molecular complexity index is 301. The zero-order valence-corrected chi connectivity index (χ0v) is 11.1. The molecule has 0 aliphatic carbocycles. The van der Waals surface area contributed by atoms with Gasteiger partial charge in [0.15, 0.2) is 0 Å². The third kappa shape index (κ3) is 2.90. The van der Waals surface area contributed by atoms with Crippen LogP contribution in [0, 0.1) is 0 Å². The molecule has 0 aromatic carbocycles. The standard InChI is InChI=1S/C12H22N2O3/c1-12(2,3)17-11(15)14-7-9-10(8-14)16-6-5-13(9)4/h9-10H,5-8H2,1-4H3/t9-,10+/m0/s1. The Morgan fingerprint density at radius 1 is 1.35 bits per heavy atom. The minimum Gasteiger partial charge on any atom is -0.444 e. The first-order valence-electron chi connectivity index (χ1n) is 6.16. The quantitative estimate of drug-likeness (QED) is 0.634. The fourth-order valence-corrected chi connectivity index (χ4v) is 2.33. The second kappa shape index (κ2) is 4.46. The molecule has 0 N–H and O–H groups in total. The van der Waals surface area contributed by atoms with Crippen molar-refractivity contribution in [1.29, 1.82) is 0 Å². The van der Waals surface area contributed by atoms with Crippen molar-refractivity contribution in [1.82, 2.24) is 9.80 Å². The van der Waals surface area contributed by atoms with E-state index in [4.69, 9.17) is 9.47 Å². The van der Waals surface area contributed by atoms with Crippen molar-refractivity contribution < 1.29 is 14.3 Å². The van der Waals surface area contributed by atoms with Crippen molar-refractivity contribution in [2.75, 3.05) is 33.3 Å². The molecule has 2 aliphatic heterocycles. The predicted octanol–water partition coefficient (Wildman–Crippen LogP) is 0.936. The minimum absolute atomic E-state index is 0.140. The number of nitrogens with zero attached hydrogens (tertiary/aromatic N) is 2. The fourth-order valence-electron chi connectivity index (χ4n) is 2.33. The van der Waals surface area contributed by atoms with Gasteiger partial charge in [0.05, 0.1) is 25.3 Å². The zero-order valence-electron chi connectivity index (χ0n) is 11.1. The van der Waals surface area contributed by atoms with Gasteiger partial charge in [-0.15, -0.1) is 0 Å². The Labute approximate surface area is 103 Å². The summed E-state index contributed by atoms with van der Waals surface area (Å²) in [4.78, 5) is 16.0.